The first-order valence-electron chi connectivity index (χ1n) is 9.72. The number of piperazine rings is 1. The second-order valence-electron chi connectivity index (χ2n) is 7.49. The molecule has 152 valence electrons. The number of hydrogen-bond donors (Lipinski definition) is 0. The number of benzene rings is 1. The normalized spacial score (nSPS) is 19.7. The van der Waals surface area contributed by atoms with E-state index in [9.17, 15) is 18.8 Å². The molecule has 0 saturated carbocycles. The molecule has 2 saturated heterocycles. The number of carbonyl (C=O) groups excluding carboxylic acids is 3. The highest BCUT2D eigenvalue weighted by Gasteiger charge is 2.33. The molecule has 1 unspecified atom stereocenters. The fourth-order valence-electron chi connectivity index (χ4n) is 3.82. The van der Waals surface area contributed by atoms with Crippen LogP contribution in [-0.4, -0.2) is 84.8 Å². The van der Waals surface area contributed by atoms with Crippen LogP contribution in [0.3, 0.4) is 0 Å². The summed E-state index contributed by atoms with van der Waals surface area (Å²) in [6.07, 6.45) is 1.96. The Kier molecular flexibility index (Phi) is 6.16. The maximum Gasteiger partial charge on any atom is 0.312 e. The Labute approximate surface area is 164 Å². The lowest BCUT2D eigenvalue weighted by Crippen LogP contribution is -2.57. The second-order valence-corrected chi connectivity index (χ2v) is 7.49. The standard InChI is InChI=1S/C20H27FN4O3/c1-15-13-24(11-12-25(15)17-8-4-3-7-16(17)21)20(28)19(27)22(2)14-18(26)23-9-5-6-10-23/h3-4,7-8,15H,5-6,9-14H2,1-2H3. The van der Waals surface area contributed by atoms with E-state index in [1.54, 1.807) is 23.1 Å². The van der Waals surface area contributed by atoms with E-state index in [0.717, 1.165) is 12.8 Å². The van der Waals surface area contributed by atoms with Crippen molar-refractivity contribution in [3.63, 3.8) is 0 Å². The van der Waals surface area contributed by atoms with Crippen LogP contribution in [0, 0.1) is 5.82 Å². The van der Waals surface area contributed by atoms with E-state index in [1.807, 2.05) is 11.8 Å². The summed E-state index contributed by atoms with van der Waals surface area (Å²) in [6.45, 7) is 4.34. The third kappa shape index (κ3) is 4.26. The van der Waals surface area contributed by atoms with Crippen LogP contribution in [-0.2, 0) is 14.4 Å². The van der Waals surface area contributed by atoms with Gasteiger partial charge in [-0.05, 0) is 31.9 Å². The van der Waals surface area contributed by atoms with E-state index in [0.29, 0.717) is 38.4 Å². The van der Waals surface area contributed by atoms with Crippen molar-refractivity contribution in [3.05, 3.63) is 30.1 Å². The van der Waals surface area contributed by atoms with Gasteiger partial charge in [0.2, 0.25) is 5.91 Å². The van der Waals surface area contributed by atoms with Crippen LogP contribution >= 0.6 is 0 Å². The fourth-order valence-corrected chi connectivity index (χ4v) is 3.82. The Balaban J connectivity index is 1.56. The molecule has 1 atom stereocenters. The van der Waals surface area contributed by atoms with Gasteiger partial charge in [-0.2, -0.15) is 0 Å². The number of rotatable bonds is 3. The molecule has 0 aliphatic carbocycles. The van der Waals surface area contributed by atoms with Gasteiger partial charge in [-0.1, -0.05) is 12.1 Å². The average Bonchev–Trinajstić information content (AvgIpc) is 3.22. The lowest BCUT2D eigenvalue weighted by molar-refractivity contribution is -0.152. The van der Waals surface area contributed by atoms with Gasteiger partial charge in [0.1, 0.15) is 5.82 Å². The molecule has 2 fully saturated rings. The number of likely N-dealkylation sites (tertiary alicyclic amines) is 1. The van der Waals surface area contributed by atoms with Gasteiger partial charge >= 0.3 is 11.8 Å². The first-order valence-corrected chi connectivity index (χ1v) is 9.72. The summed E-state index contributed by atoms with van der Waals surface area (Å²) in [6, 6.07) is 6.42. The highest BCUT2D eigenvalue weighted by molar-refractivity contribution is 6.35. The van der Waals surface area contributed by atoms with Crippen molar-refractivity contribution in [1.29, 1.82) is 0 Å². The smallest absolute Gasteiger partial charge is 0.312 e. The molecule has 0 radical (unpaired) electrons. The summed E-state index contributed by atoms with van der Waals surface area (Å²) >= 11 is 0. The summed E-state index contributed by atoms with van der Waals surface area (Å²) in [5.41, 5.74) is 0.502. The first kappa shape index (κ1) is 20.1. The number of nitrogens with zero attached hydrogens (tertiary/aromatic N) is 4. The quantitative estimate of drug-likeness (QED) is 0.721. The number of carbonyl (C=O) groups is 3. The van der Waals surface area contributed by atoms with Crippen molar-refractivity contribution < 1.29 is 18.8 Å². The van der Waals surface area contributed by atoms with Crippen molar-refractivity contribution >= 4 is 23.4 Å². The van der Waals surface area contributed by atoms with Gasteiger partial charge in [0.15, 0.2) is 0 Å². The zero-order valence-corrected chi connectivity index (χ0v) is 16.4. The molecular formula is C20H27FN4O3. The van der Waals surface area contributed by atoms with Crippen molar-refractivity contribution in [2.75, 3.05) is 51.2 Å². The molecule has 0 bridgehead atoms. The molecule has 3 rings (SSSR count). The summed E-state index contributed by atoms with van der Waals surface area (Å²) in [5.74, 6) is -1.72. The number of amides is 3. The molecule has 28 heavy (non-hydrogen) atoms. The van der Waals surface area contributed by atoms with Crippen LogP contribution in [0.25, 0.3) is 0 Å². The van der Waals surface area contributed by atoms with Gasteiger partial charge in [0.05, 0.1) is 12.2 Å². The van der Waals surface area contributed by atoms with Gasteiger partial charge in [0, 0.05) is 45.8 Å². The molecule has 2 aliphatic rings. The number of hydrogen-bond acceptors (Lipinski definition) is 4. The Morgan fingerprint density at radius 3 is 2.39 bits per heavy atom. The molecule has 8 heteroatoms. The number of halogens is 1. The van der Waals surface area contributed by atoms with E-state index >= 15 is 0 Å². The van der Waals surface area contributed by atoms with Crippen molar-refractivity contribution in [2.45, 2.75) is 25.8 Å². The molecule has 0 aromatic heterocycles. The van der Waals surface area contributed by atoms with Crippen LogP contribution in [0.1, 0.15) is 19.8 Å². The minimum absolute atomic E-state index is 0.0880. The minimum Gasteiger partial charge on any atom is -0.363 e. The predicted molar refractivity (Wildman–Crippen MR) is 103 cm³/mol. The Morgan fingerprint density at radius 1 is 1.07 bits per heavy atom. The molecule has 7 nitrogen and oxygen atoms in total. The van der Waals surface area contributed by atoms with Crippen LogP contribution < -0.4 is 4.90 Å². The van der Waals surface area contributed by atoms with Gasteiger partial charge < -0.3 is 19.6 Å². The first-order chi connectivity index (χ1) is 13.4. The Morgan fingerprint density at radius 2 is 1.75 bits per heavy atom. The minimum atomic E-state index is -0.681. The largest absolute Gasteiger partial charge is 0.363 e. The van der Waals surface area contributed by atoms with E-state index < -0.39 is 11.8 Å². The van der Waals surface area contributed by atoms with E-state index in [4.69, 9.17) is 0 Å². The topological polar surface area (TPSA) is 64.2 Å². The summed E-state index contributed by atoms with van der Waals surface area (Å²) in [4.78, 5) is 43.6. The molecule has 0 N–H and O–H groups in total. The van der Waals surface area contributed by atoms with E-state index in [1.165, 1.54) is 22.9 Å². The third-order valence-corrected chi connectivity index (χ3v) is 5.44. The fraction of sp³-hybridized carbons (Fsp3) is 0.550. The highest BCUT2D eigenvalue weighted by Crippen LogP contribution is 2.23. The molecule has 1 aromatic rings. The molecule has 0 spiro atoms. The molecule has 2 aliphatic heterocycles. The average molecular weight is 390 g/mol. The molecule has 3 amide bonds. The van der Waals surface area contributed by atoms with Crippen molar-refractivity contribution in [2.24, 2.45) is 0 Å². The summed E-state index contributed by atoms with van der Waals surface area (Å²) in [5, 5.41) is 0. The maximum absolute atomic E-state index is 14.1. The molecule has 2 heterocycles. The zero-order chi connectivity index (χ0) is 20.3. The van der Waals surface area contributed by atoms with Crippen molar-refractivity contribution in [1.82, 2.24) is 14.7 Å². The van der Waals surface area contributed by atoms with Gasteiger partial charge in [0.25, 0.3) is 0 Å². The Bertz CT molecular complexity index is 751. The highest BCUT2D eigenvalue weighted by atomic mass is 19.1. The molecular weight excluding hydrogens is 363 g/mol. The lowest BCUT2D eigenvalue weighted by Gasteiger charge is -2.41. The third-order valence-electron chi connectivity index (χ3n) is 5.44. The zero-order valence-electron chi connectivity index (χ0n) is 16.4. The van der Waals surface area contributed by atoms with Crippen LogP contribution in [0.4, 0.5) is 10.1 Å². The van der Waals surface area contributed by atoms with Crippen LogP contribution in [0.15, 0.2) is 24.3 Å². The lowest BCUT2D eigenvalue weighted by atomic mass is 10.1. The predicted octanol–water partition coefficient (Wildman–Crippen LogP) is 0.944. The SMILES string of the molecule is CC1CN(C(=O)C(=O)N(C)CC(=O)N2CCCC2)CCN1c1ccccc1F. The maximum atomic E-state index is 14.1. The number of anilines is 1. The van der Waals surface area contributed by atoms with Gasteiger partial charge in [-0.15, -0.1) is 0 Å². The second kappa shape index (κ2) is 8.58. The van der Waals surface area contributed by atoms with E-state index in [-0.39, 0.29) is 24.3 Å². The van der Waals surface area contributed by atoms with Gasteiger partial charge in [-0.25, -0.2) is 4.39 Å². The number of likely N-dealkylation sites (N-methyl/N-ethyl adjacent to an activating group) is 1. The Hall–Kier alpha value is -2.64. The molecule has 1 aromatic carbocycles. The number of para-hydroxylation sites is 1. The monoisotopic (exact) mass is 390 g/mol. The van der Waals surface area contributed by atoms with Crippen LogP contribution in [0.2, 0.25) is 0 Å². The van der Waals surface area contributed by atoms with Crippen LogP contribution in [0.5, 0.6) is 0 Å². The summed E-state index contributed by atoms with van der Waals surface area (Å²) < 4.78 is 14.1. The van der Waals surface area contributed by atoms with Crippen molar-refractivity contribution in [3.8, 4) is 0 Å². The van der Waals surface area contributed by atoms with Gasteiger partial charge in [-0.3, -0.25) is 14.4 Å². The van der Waals surface area contributed by atoms with E-state index in [2.05, 4.69) is 0 Å². The summed E-state index contributed by atoms with van der Waals surface area (Å²) in [7, 11) is 1.48.